The SMILES string of the molecule is CC(C)(Sc1ccc2c(c1)CCCC2)C(=O)O. The zero-order valence-corrected chi connectivity index (χ0v) is 11.1. The Kier molecular flexibility index (Phi) is 3.48. The number of aliphatic carboxylic acids is 1. The lowest BCUT2D eigenvalue weighted by atomic mass is 9.92. The molecule has 1 N–H and O–H groups in total. The van der Waals surface area contributed by atoms with Crippen molar-refractivity contribution in [2.24, 2.45) is 0 Å². The number of aryl methyl sites for hydroxylation is 2. The van der Waals surface area contributed by atoms with Gasteiger partial charge in [-0.1, -0.05) is 6.07 Å². The van der Waals surface area contributed by atoms with Crippen molar-refractivity contribution in [2.45, 2.75) is 49.2 Å². The van der Waals surface area contributed by atoms with Gasteiger partial charge >= 0.3 is 5.97 Å². The van der Waals surface area contributed by atoms with Crippen molar-refractivity contribution in [1.82, 2.24) is 0 Å². The van der Waals surface area contributed by atoms with Crippen LogP contribution in [-0.2, 0) is 17.6 Å². The summed E-state index contributed by atoms with van der Waals surface area (Å²) in [6.07, 6.45) is 4.84. The summed E-state index contributed by atoms with van der Waals surface area (Å²) in [6, 6.07) is 6.39. The molecule has 17 heavy (non-hydrogen) atoms. The minimum Gasteiger partial charge on any atom is -0.480 e. The van der Waals surface area contributed by atoms with Crippen LogP contribution in [0, 0.1) is 0 Å². The second kappa shape index (κ2) is 4.73. The number of benzene rings is 1. The number of hydrogen-bond donors (Lipinski definition) is 1. The molecule has 0 saturated carbocycles. The van der Waals surface area contributed by atoms with E-state index in [1.165, 1.54) is 42.2 Å². The zero-order chi connectivity index (χ0) is 12.5. The molecule has 0 saturated heterocycles. The highest BCUT2D eigenvalue weighted by molar-refractivity contribution is 8.01. The summed E-state index contributed by atoms with van der Waals surface area (Å²) < 4.78 is -0.761. The molecule has 1 aromatic carbocycles. The lowest BCUT2D eigenvalue weighted by Gasteiger charge is -2.21. The lowest BCUT2D eigenvalue weighted by molar-refractivity contribution is -0.138. The van der Waals surface area contributed by atoms with Crippen molar-refractivity contribution in [3.8, 4) is 0 Å². The van der Waals surface area contributed by atoms with E-state index >= 15 is 0 Å². The summed E-state index contributed by atoms with van der Waals surface area (Å²) in [5, 5.41) is 9.12. The Morgan fingerprint density at radius 3 is 2.53 bits per heavy atom. The number of carbonyl (C=O) groups is 1. The van der Waals surface area contributed by atoms with Gasteiger partial charge in [0.15, 0.2) is 0 Å². The van der Waals surface area contributed by atoms with Gasteiger partial charge in [0.1, 0.15) is 4.75 Å². The van der Waals surface area contributed by atoms with E-state index in [9.17, 15) is 4.79 Å². The van der Waals surface area contributed by atoms with Gasteiger partial charge in [0, 0.05) is 4.90 Å². The highest BCUT2D eigenvalue weighted by Gasteiger charge is 2.28. The molecule has 0 aromatic heterocycles. The molecule has 0 atom stereocenters. The molecule has 3 heteroatoms. The van der Waals surface area contributed by atoms with Crippen molar-refractivity contribution in [3.05, 3.63) is 29.3 Å². The first-order chi connectivity index (χ1) is 7.99. The highest BCUT2D eigenvalue weighted by Crippen LogP contribution is 2.35. The molecule has 0 heterocycles. The zero-order valence-electron chi connectivity index (χ0n) is 10.3. The van der Waals surface area contributed by atoms with Crippen molar-refractivity contribution >= 4 is 17.7 Å². The lowest BCUT2D eigenvalue weighted by Crippen LogP contribution is -2.26. The van der Waals surface area contributed by atoms with E-state index in [1.54, 1.807) is 13.8 Å². The topological polar surface area (TPSA) is 37.3 Å². The molecule has 0 spiro atoms. The second-order valence-electron chi connectivity index (χ2n) is 5.06. The Balaban J connectivity index is 2.20. The van der Waals surface area contributed by atoms with Gasteiger partial charge in [-0.3, -0.25) is 4.79 Å². The van der Waals surface area contributed by atoms with E-state index in [1.807, 2.05) is 0 Å². The molecular weight excluding hydrogens is 232 g/mol. The maximum Gasteiger partial charge on any atom is 0.319 e. The van der Waals surface area contributed by atoms with Gasteiger partial charge in [-0.05, 0) is 62.8 Å². The average molecular weight is 250 g/mol. The number of thioether (sulfide) groups is 1. The number of fused-ring (bicyclic) bond motifs is 1. The van der Waals surface area contributed by atoms with Crippen LogP contribution in [0.15, 0.2) is 23.1 Å². The summed E-state index contributed by atoms with van der Waals surface area (Å²) in [5.41, 5.74) is 2.84. The van der Waals surface area contributed by atoms with Gasteiger partial charge in [0.25, 0.3) is 0 Å². The fraction of sp³-hybridized carbons (Fsp3) is 0.500. The molecule has 1 aromatic rings. The van der Waals surface area contributed by atoms with Crippen LogP contribution in [0.2, 0.25) is 0 Å². The van der Waals surface area contributed by atoms with Gasteiger partial charge in [0.05, 0.1) is 0 Å². The van der Waals surface area contributed by atoms with Crippen LogP contribution in [0.1, 0.15) is 37.8 Å². The monoisotopic (exact) mass is 250 g/mol. The summed E-state index contributed by atoms with van der Waals surface area (Å²) in [7, 11) is 0. The molecule has 0 bridgehead atoms. The Bertz CT molecular complexity index is 438. The summed E-state index contributed by atoms with van der Waals surface area (Å²) >= 11 is 1.43. The van der Waals surface area contributed by atoms with Gasteiger partial charge in [-0.25, -0.2) is 0 Å². The second-order valence-corrected chi connectivity index (χ2v) is 6.75. The van der Waals surface area contributed by atoms with Crippen LogP contribution >= 0.6 is 11.8 Å². The quantitative estimate of drug-likeness (QED) is 0.834. The third-order valence-electron chi connectivity index (χ3n) is 3.21. The normalized spacial score (nSPS) is 15.4. The van der Waals surface area contributed by atoms with Crippen molar-refractivity contribution in [1.29, 1.82) is 0 Å². The van der Waals surface area contributed by atoms with Crippen molar-refractivity contribution in [2.75, 3.05) is 0 Å². The van der Waals surface area contributed by atoms with E-state index in [-0.39, 0.29) is 0 Å². The molecule has 1 aliphatic rings. The number of carboxylic acids is 1. The van der Waals surface area contributed by atoms with Crippen LogP contribution in [-0.4, -0.2) is 15.8 Å². The fourth-order valence-corrected chi connectivity index (χ4v) is 3.13. The maximum absolute atomic E-state index is 11.1. The molecule has 1 aliphatic carbocycles. The van der Waals surface area contributed by atoms with E-state index in [0.29, 0.717) is 0 Å². The summed E-state index contributed by atoms with van der Waals surface area (Å²) in [4.78, 5) is 12.2. The molecule has 2 nitrogen and oxygen atoms in total. The summed E-state index contributed by atoms with van der Waals surface area (Å²) in [6.45, 7) is 3.50. The molecule has 0 radical (unpaired) electrons. The standard InChI is InChI=1S/C14H18O2S/c1-14(2,13(15)16)17-12-8-7-10-5-3-4-6-11(10)9-12/h7-9H,3-6H2,1-2H3,(H,15,16). The van der Waals surface area contributed by atoms with Gasteiger partial charge in [0.2, 0.25) is 0 Å². The Labute approximate surface area is 106 Å². The Morgan fingerprint density at radius 2 is 1.88 bits per heavy atom. The number of carboxylic acid groups (broad SMARTS) is 1. The molecular formula is C14H18O2S. The minimum atomic E-state index is -0.764. The number of rotatable bonds is 3. The molecule has 2 rings (SSSR count). The first kappa shape index (κ1) is 12.5. The predicted molar refractivity (Wildman–Crippen MR) is 70.7 cm³/mol. The average Bonchev–Trinajstić information content (AvgIpc) is 2.28. The predicted octanol–water partition coefficient (Wildman–Crippen LogP) is 3.52. The highest BCUT2D eigenvalue weighted by atomic mass is 32.2. The molecule has 0 amide bonds. The van der Waals surface area contributed by atoms with Gasteiger partial charge < -0.3 is 5.11 Å². The van der Waals surface area contributed by atoms with Crippen LogP contribution in [0.25, 0.3) is 0 Å². The van der Waals surface area contributed by atoms with E-state index < -0.39 is 10.7 Å². The van der Waals surface area contributed by atoms with Gasteiger partial charge in [-0.15, -0.1) is 11.8 Å². The maximum atomic E-state index is 11.1. The third kappa shape index (κ3) is 2.83. The largest absolute Gasteiger partial charge is 0.480 e. The van der Waals surface area contributed by atoms with E-state index in [4.69, 9.17) is 5.11 Å². The van der Waals surface area contributed by atoms with Crippen molar-refractivity contribution < 1.29 is 9.90 Å². The van der Waals surface area contributed by atoms with Crippen LogP contribution in [0.4, 0.5) is 0 Å². The fourth-order valence-electron chi connectivity index (χ4n) is 2.11. The van der Waals surface area contributed by atoms with Crippen LogP contribution < -0.4 is 0 Å². The number of hydrogen-bond acceptors (Lipinski definition) is 2. The Morgan fingerprint density at radius 1 is 1.24 bits per heavy atom. The molecule has 0 fully saturated rings. The molecule has 0 unspecified atom stereocenters. The van der Waals surface area contributed by atoms with Gasteiger partial charge in [-0.2, -0.15) is 0 Å². The third-order valence-corrected chi connectivity index (χ3v) is 4.38. The van der Waals surface area contributed by atoms with Crippen molar-refractivity contribution in [3.63, 3.8) is 0 Å². The first-order valence-corrected chi connectivity index (χ1v) is 6.85. The molecule has 92 valence electrons. The van der Waals surface area contributed by atoms with E-state index in [0.717, 1.165) is 11.3 Å². The Hall–Kier alpha value is -0.960. The summed E-state index contributed by atoms with van der Waals surface area (Å²) in [5.74, 6) is -0.764. The van der Waals surface area contributed by atoms with Crippen LogP contribution in [0.3, 0.4) is 0 Å². The minimum absolute atomic E-state index is 0.761. The first-order valence-electron chi connectivity index (χ1n) is 6.03. The van der Waals surface area contributed by atoms with E-state index in [2.05, 4.69) is 18.2 Å². The molecule has 0 aliphatic heterocycles. The van der Waals surface area contributed by atoms with Crippen LogP contribution in [0.5, 0.6) is 0 Å². The smallest absolute Gasteiger partial charge is 0.319 e.